The molecule has 1 aliphatic carbocycles. The summed E-state index contributed by atoms with van der Waals surface area (Å²) in [5, 5.41) is 12.6. The van der Waals surface area contributed by atoms with E-state index in [0.717, 1.165) is 0 Å². The van der Waals surface area contributed by atoms with Gasteiger partial charge < -0.3 is 19.0 Å². The van der Waals surface area contributed by atoms with Crippen molar-refractivity contribution in [1.29, 1.82) is 0 Å². The van der Waals surface area contributed by atoms with Crippen molar-refractivity contribution in [2.45, 2.75) is 51.6 Å². The van der Waals surface area contributed by atoms with E-state index in [1.54, 1.807) is 56.5 Å². The maximum atomic E-state index is 12.8. The minimum Gasteiger partial charge on any atom is -0.474 e. The summed E-state index contributed by atoms with van der Waals surface area (Å²) >= 11 is 0. The Morgan fingerprint density at radius 2 is 1.87 bits per heavy atom. The van der Waals surface area contributed by atoms with Crippen LogP contribution in [0.2, 0.25) is 19.6 Å². The number of esters is 2. The van der Waals surface area contributed by atoms with Crippen LogP contribution < -0.4 is 5.38 Å². The van der Waals surface area contributed by atoms with Crippen molar-refractivity contribution in [3.63, 3.8) is 0 Å². The van der Waals surface area contributed by atoms with Crippen molar-refractivity contribution in [2.75, 3.05) is 6.61 Å². The summed E-state index contributed by atoms with van der Waals surface area (Å²) < 4.78 is 16.8. The summed E-state index contributed by atoms with van der Waals surface area (Å²) in [4.78, 5) is 25.5. The Labute approximate surface area is 183 Å². The number of rotatable bonds is 6. The molecule has 1 heterocycles. The standard InChI is InChI=1S/C24H30O6Si/c1-6-28-22(26)19-14-16(2)20(30-21(25)17-10-8-7-9-11-17)15-24(19,27)18-12-13-29-23(18)31(3,4)5/h7-14,19-20,27H,6,15H2,1-5H3/t19-,20-,24+/m0/s1. The topological polar surface area (TPSA) is 86.0 Å². The van der Waals surface area contributed by atoms with Crippen molar-refractivity contribution in [2.24, 2.45) is 5.92 Å². The third-order valence-corrected chi connectivity index (χ3v) is 7.31. The van der Waals surface area contributed by atoms with Gasteiger partial charge in [-0.25, -0.2) is 4.79 Å². The molecule has 3 atom stereocenters. The zero-order valence-corrected chi connectivity index (χ0v) is 19.7. The average Bonchev–Trinajstić information content (AvgIpc) is 3.23. The summed E-state index contributed by atoms with van der Waals surface area (Å²) in [6.45, 7) is 10.0. The Morgan fingerprint density at radius 3 is 2.48 bits per heavy atom. The van der Waals surface area contributed by atoms with E-state index in [2.05, 4.69) is 19.6 Å². The third kappa shape index (κ3) is 4.67. The number of hydrogen-bond acceptors (Lipinski definition) is 6. The Morgan fingerprint density at radius 1 is 1.19 bits per heavy atom. The van der Waals surface area contributed by atoms with Crippen LogP contribution in [0.5, 0.6) is 0 Å². The first kappa shape index (κ1) is 23.0. The lowest BCUT2D eigenvalue weighted by Crippen LogP contribution is -2.51. The van der Waals surface area contributed by atoms with E-state index in [1.807, 2.05) is 6.07 Å². The highest BCUT2D eigenvalue weighted by Gasteiger charge is 2.51. The molecule has 166 valence electrons. The number of furan rings is 1. The van der Waals surface area contributed by atoms with Crippen molar-refractivity contribution in [3.8, 4) is 0 Å². The van der Waals surface area contributed by atoms with E-state index in [0.29, 0.717) is 22.1 Å². The van der Waals surface area contributed by atoms with Crippen LogP contribution in [0, 0.1) is 5.92 Å². The summed E-state index contributed by atoms with van der Waals surface area (Å²) in [5.74, 6) is -1.92. The molecule has 3 rings (SSSR count). The molecule has 6 nitrogen and oxygen atoms in total. The second-order valence-electron chi connectivity index (χ2n) is 8.94. The number of aliphatic hydroxyl groups is 1. The molecule has 0 radical (unpaired) electrons. The lowest BCUT2D eigenvalue weighted by Gasteiger charge is -2.41. The number of benzene rings is 1. The molecule has 2 aromatic rings. The Bertz CT molecular complexity index is 971. The van der Waals surface area contributed by atoms with Gasteiger partial charge >= 0.3 is 11.9 Å². The molecule has 0 amide bonds. The third-order valence-electron chi connectivity index (χ3n) is 5.56. The zero-order chi connectivity index (χ0) is 22.8. The van der Waals surface area contributed by atoms with Crippen LogP contribution in [0.4, 0.5) is 0 Å². The zero-order valence-electron chi connectivity index (χ0n) is 18.7. The van der Waals surface area contributed by atoms with Crippen LogP contribution in [0.1, 0.15) is 36.2 Å². The predicted molar refractivity (Wildman–Crippen MR) is 120 cm³/mol. The van der Waals surface area contributed by atoms with Crippen molar-refractivity contribution < 1.29 is 28.6 Å². The van der Waals surface area contributed by atoms with Crippen molar-refractivity contribution >= 4 is 25.4 Å². The van der Waals surface area contributed by atoms with Crippen molar-refractivity contribution in [1.82, 2.24) is 0 Å². The smallest absolute Gasteiger partial charge is 0.338 e. The lowest BCUT2D eigenvalue weighted by molar-refractivity contribution is -0.158. The molecular weight excluding hydrogens is 412 g/mol. The van der Waals surface area contributed by atoms with E-state index in [-0.39, 0.29) is 13.0 Å². The van der Waals surface area contributed by atoms with Crippen molar-refractivity contribution in [3.05, 3.63) is 65.4 Å². The monoisotopic (exact) mass is 442 g/mol. The minimum absolute atomic E-state index is 0.0361. The maximum Gasteiger partial charge on any atom is 0.338 e. The van der Waals surface area contributed by atoms with Gasteiger partial charge in [0, 0.05) is 12.0 Å². The van der Waals surface area contributed by atoms with Crippen LogP contribution in [-0.2, 0) is 19.9 Å². The first-order chi connectivity index (χ1) is 14.6. The van der Waals surface area contributed by atoms with E-state index >= 15 is 0 Å². The normalized spacial score (nSPS) is 23.7. The molecule has 7 heteroatoms. The largest absolute Gasteiger partial charge is 0.474 e. The summed E-state index contributed by atoms with van der Waals surface area (Å²) in [7, 11) is -1.97. The molecule has 0 unspecified atom stereocenters. The van der Waals surface area contributed by atoms with E-state index in [4.69, 9.17) is 13.9 Å². The second kappa shape index (κ2) is 8.84. The fourth-order valence-electron chi connectivity index (χ4n) is 3.99. The van der Waals surface area contributed by atoms with Gasteiger partial charge in [0.15, 0.2) is 0 Å². The molecule has 1 aromatic carbocycles. The van der Waals surface area contributed by atoms with Crippen LogP contribution in [0.25, 0.3) is 0 Å². The summed E-state index contributed by atoms with van der Waals surface area (Å²) in [6.07, 6.45) is 2.55. The molecular formula is C24H30O6Si. The highest BCUT2D eigenvalue weighted by Crippen LogP contribution is 2.43. The molecule has 0 aliphatic heterocycles. The SMILES string of the molecule is CCOC(=O)[C@@H]1C=C(C)[C@@H](OC(=O)c2ccccc2)C[C@@]1(O)c1ccoc1[Si](C)(C)C. The highest BCUT2D eigenvalue weighted by atomic mass is 28.3. The number of ether oxygens (including phenoxy) is 2. The molecule has 1 N–H and O–H groups in total. The van der Waals surface area contributed by atoms with Gasteiger partial charge in [0.25, 0.3) is 0 Å². The number of carbonyl (C=O) groups excluding carboxylic acids is 2. The van der Waals surface area contributed by atoms with E-state index in [9.17, 15) is 14.7 Å². The van der Waals surface area contributed by atoms with Gasteiger partial charge in [0.2, 0.25) is 0 Å². The molecule has 0 fully saturated rings. The van der Waals surface area contributed by atoms with Crippen LogP contribution in [0.3, 0.4) is 0 Å². The van der Waals surface area contributed by atoms with E-state index in [1.165, 1.54) is 0 Å². The molecule has 1 aromatic heterocycles. The van der Waals surface area contributed by atoms with Gasteiger partial charge in [0.1, 0.15) is 25.7 Å². The second-order valence-corrected chi connectivity index (χ2v) is 13.9. The molecule has 0 saturated heterocycles. The van der Waals surface area contributed by atoms with Crippen LogP contribution >= 0.6 is 0 Å². The Balaban J connectivity index is 2.02. The van der Waals surface area contributed by atoms with Gasteiger partial charge in [-0.15, -0.1) is 0 Å². The van der Waals surface area contributed by atoms with Gasteiger partial charge in [-0.1, -0.05) is 43.9 Å². The molecule has 0 spiro atoms. The van der Waals surface area contributed by atoms with Crippen LogP contribution in [-0.4, -0.2) is 37.8 Å². The number of hydrogen-bond donors (Lipinski definition) is 1. The first-order valence-corrected chi connectivity index (χ1v) is 14.0. The quantitative estimate of drug-likeness (QED) is 0.416. The maximum absolute atomic E-state index is 12.8. The van der Waals surface area contributed by atoms with Gasteiger partial charge in [0.05, 0.1) is 23.8 Å². The Hall–Kier alpha value is -2.64. The summed E-state index contributed by atoms with van der Waals surface area (Å²) in [5.41, 5.74) is 0.0764. The average molecular weight is 443 g/mol. The summed E-state index contributed by atoms with van der Waals surface area (Å²) in [6, 6.07) is 10.4. The molecule has 31 heavy (non-hydrogen) atoms. The van der Waals surface area contributed by atoms with Gasteiger partial charge in [-0.3, -0.25) is 4.79 Å². The van der Waals surface area contributed by atoms with Gasteiger partial charge in [-0.2, -0.15) is 0 Å². The Kier molecular flexibility index (Phi) is 6.57. The van der Waals surface area contributed by atoms with Gasteiger partial charge in [-0.05, 0) is 37.6 Å². The van der Waals surface area contributed by atoms with Crippen LogP contribution in [0.15, 0.2) is 58.7 Å². The molecule has 1 aliphatic rings. The number of carbonyl (C=O) groups is 2. The fraction of sp³-hybridized carbons (Fsp3) is 0.417. The minimum atomic E-state index is -1.97. The predicted octanol–water partition coefficient (Wildman–Crippen LogP) is 3.77. The fourth-order valence-corrected chi connectivity index (χ4v) is 5.52. The molecule has 0 saturated carbocycles. The lowest BCUT2D eigenvalue weighted by atomic mass is 9.72. The first-order valence-electron chi connectivity index (χ1n) is 10.5. The van der Waals surface area contributed by atoms with E-state index < -0.39 is 37.6 Å². The molecule has 0 bridgehead atoms. The highest BCUT2D eigenvalue weighted by molar-refractivity contribution is 6.88.